The Kier molecular flexibility index (Phi) is 7.30. The minimum absolute atomic E-state index is 0.0787. The fourth-order valence-electron chi connectivity index (χ4n) is 2.60. The summed E-state index contributed by atoms with van der Waals surface area (Å²) in [6, 6.07) is 3.31. The van der Waals surface area contributed by atoms with Crippen LogP contribution in [0.2, 0.25) is 0 Å². The molecular weight excluding hydrogens is 392 g/mol. The molecule has 166 valence electrons. The maximum Gasteiger partial charge on any atom is 0.410 e. The summed E-state index contributed by atoms with van der Waals surface area (Å²) < 4.78 is 21.1. The van der Waals surface area contributed by atoms with E-state index in [4.69, 9.17) is 24.7 Å². The number of carbonyl (C=O) groups excluding carboxylic acids is 3. The van der Waals surface area contributed by atoms with E-state index in [-0.39, 0.29) is 25.1 Å². The molecular formula is C21H30N2O7. The van der Waals surface area contributed by atoms with Gasteiger partial charge < -0.3 is 29.6 Å². The smallest absolute Gasteiger partial charge is 0.410 e. The van der Waals surface area contributed by atoms with E-state index < -0.39 is 29.7 Å². The van der Waals surface area contributed by atoms with Crippen LogP contribution < -0.4 is 15.2 Å². The van der Waals surface area contributed by atoms with Gasteiger partial charge in [-0.15, -0.1) is 0 Å². The molecule has 0 aliphatic carbocycles. The zero-order chi connectivity index (χ0) is 22.6. The van der Waals surface area contributed by atoms with E-state index in [1.807, 2.05) is 13.8 Å². The highest BCUT2D eigenvalue weighted by molar-refractivity contribution is 6.01. The Bertz CT molecular complexity index is 807. The van der Waals surface area contributed by atoms with Crippen LogP contribution in [0.5, 0.6) is 11.5 Å². The Hall–Kier alpha value is -2.81. The minimum atomic E-state index is -1.06. The van der Waals surface area contributed by atoms with E-state index in [9.17, 15) is 14.4 Å². The van der Waals surface area contributed by atoms with E-state index in [2.05, 4.69) is 0 Å². The average Bonchev–Trinajstić information content (AvgIpc) is 3.17. The van der Waals surface area contributed by atoms with Crippen molar-refractivity contribution in [2.75, 3.05) is 20.4 Å². The van der Waals surface area contributed by atoms with Gasteiger partial charge in [-0.3, -0.25) is 9.59 Å². The van der Waals surface area contributed by atoms with E-state index in [0.717, 1.165) is 0 Å². The Morgan fingerprint density at radius 2 is 1.80 bits per heavy atom. The second kappa shape index (κ2) is 9.34. The zero-order valence-electron chi connectivity index (χ0n) is 18.3. The third kappa shape index (κ3) is 5.63. The lowest BCUT2D eigenvalue weighted by Crippen LogP contribution is -2.45. The number of carbonyl (C=O) groups is 3. The number of likely N-dealkylation sites (N-methyl/N-ethyl adjacent to an activating group) is 1. The molecule has 1 amide bonds. The number of amides is 1. The molecule has 0 radical (unpaired) electrons. The lowest BCUT2D eigenvalue weighted by atomic mass is 10.0. The molecule has 30 heavy (non-hydrogen) atoms. The van der Waals surface area contributed by atoms with Gasteiger partial charge in [0.15, 0.2) is 17.3 Å². The van der Waals surface area contributed by atoms with Crippen molar-refractivity contribution >= 4 is 17.8 Å². The molecule has 0 bridgehead atoms. The first-order valence-electron chi connectivity index (χ1n) is 9.75. The Morgan fingerprint density at radius 3 is 2.43 bits per heavy atom. The molecule has 1 aromatic carbocycles. The Labute approximate surface area is 176 Å². The number of benzene rings is 1. The maximum absolute atomic E-state index is 12.7. The highest BCUT2D eigenvalue weighted by atomic mass is 16.7. The number of Topliss-reactive ketones (excluding diaryl/α,β-unsaturated/α-hetero) is 1. The van der Waals surface area contributed by atoms with Crippen molar-refractivity contribution in [3.05, 3.63) is 23.8 Å². The van der Waals surface area contributed by atoms with Crippen LogP contribution in [-0.2, 0) is 14.3 Å². The molecule has 0 saturated carbocycles. The van der Waals surface area contributed by atoms with Crippen LogP contribution in [0.25, 0.3) is 0 Å². The number of ether oxygens (including phenoxy) is 4. The molecule has 0 fully saturated rings. The van der Waals surface area contributed by atoms with Gasteiger partial charge in [0.05, 0.1) is 6.04 Å². The predicted octanol–water partition coefficient (Wildman–Crippen LogP) is 2.36. The largest absolute Gasteiger partial charge is 0.455 e. The number of nitrogens with zero attached hydrogens (tertiary/aromatic N) is 1. The third-order valence-electron chi connectivity index (χ3n) is 4.82. The standard InChI is InChI=1S/C21H30N2O7/c1-12(2)17(22)19(25)30-21(4,5)10-27-20(26)23(6)13(3)18(24)14-7-8-15-16(9-14)29-11-28-15/h7-9,12-13,17H,10-11,22H2,1-6H3. The summed E-state index contributed by atoms with van der Waals surface area (Å²) in [4.78, 5) is 38.4. The van der Waals surface area contributed by atoms with Gasteiger partial charge in [-0.05, 0) is 44.9 Å². The van der Waals surface area contributed by atoms with Crippen LogP contribution in [0.4, 0.5) is 4.79 Å². The molecule has 0 saturated heterocycles. The van der Waals surface area contributed by atoms with Crippen LogP contribution in [0.15, 0.2) is 18.2 Å². The topological polar surface area (TPSA) is 117 Å². The molecule has 1 aliphatic rings. The highest BCUT2D eigenvalue weighted by Gasteiger charge is 2.31. The monoisotopic (exact) mass is 422 g/mol. The zero-order valence-corrected chi connectivity index (χ0v) is 18.3. The molecule has 1 aromatic rings. The van der Waals surface area contributed by atoms with Gasteiger partial charge in [0.2, 0.25) is 6.79 Å². The average molecular weight is 422 g/mol. The Balaban J connectivity index is 1.93. The van der Waals surface area contributed by atoms with Crippen molar-refractivity contribution < 1.29 is 33.3 Å². The quantitative estimate of drug-likeness (QED) is 0.501. The number of hydrogen-bond donors (Lipinski definition) is 1. The van der Waals surface area contributed by atoms with Gasteiger partial charge in [-0.25, -0.2) is 4.79 Å². The summed E-state index contributed by atoms with van der Waals surface area (Å²) in [6.07, 6.45) is -0.714. The van der Waals surface area contributed by atoms with Crippen LogP contribution in [0, 0.1) is 5.92 Å². The summed E-state index contributed by atoms with van der Waals surface area (Å²) in [7, 11) is 1.46. The van der Waals surface area contributed by atoms with Crippen molar-refractivity contribution in [2.45, 2.75) is 52.3 Å². The van der Waals surface area contributed by atoms with E-state index in [1.54, 1.807) is 39.0 Å². The SMILES string of the molecule is CC(C)C(N)C(=O)OC(C)(C)COC(=O)N(C)C(C)C(=O)c1ccc2c(c1)OCO2. The molecule has 9 heteroatoms. The summed E-state index contributed by atoms with van der Waals surface area (Å²) in [5.74, 6) is 0.138. The van der Waals surface area contributed by atoms with Gasteiger partial charge in [-0.2, -0.15) is 0 Å². The van der Waals surface area contributed by atoms with E-state index in [1.165, 1.54) is 11.9 Å². The number of fused-ring (bicyclic) bond motifs is 1. The van der Waals surface area contributed by atoms with Crippen LogP contribution in [-0.4, -0.2) is 60.9 Å². The van der Waals surface area contributed by atoms with E-state index >= 15 is 0 Å². The van der Waals surface area contributed by atoms with Crippen LogP contribution in [0.1, 0.15) is 45.0 Å². The van der Waals surface area contributed by atoms with Gasteiger partial charge >= 0.3 is 12.1 Å². The predicted molar refractivity (Wildman–Crippen MR) is 108 cm³/mol. The molecule has 0 aromatic heterocycles. The van der Waals surface area contributed by atoms with Gasteiger partial charge in [0.1, 0.15) is 18.2 Å². The number of hydrogen-bond acceptors (Lipinski definition) is 8. The summed E-state index contributed by atoms with van der Waals surface area (Å²) >= 11 is 0. The van der Waals surface area contributed by atoms with Crippen molar-refractivity contribution in [2.24, 2.45) is 11.7 Å². The van der Waals surface area contributed by atoms with Crippen molar-refractivity contribution in [1.29, 1.82) is 0 Å². The second-order valence-electron chi connectivity index (χ2n) is 8.22. The molecule has 2 rings (SSSR count). The molecule has 1 heterocycles. The first kappa shape index (κ1) is 23.5. The lowest BCUT2D eigenvalue weighted by Gasteiger charge is -2.29. The second-order valence-corrected chi connectivity index (χ2v) is 8.22. The maximum atomic E-state index is 12.7. The number of ketones is 1. The fourth-order valence-corrected chi connectivity index (χ4v) is 2.60. The first-order valence-corrected chi connectivity index (χ1v) is 9.75. The van der Waals surface area contributed by atoms with Crippen molar-refractivity contribution in [3.63, 3.8) is 0 Å². The van der Waals surface area contributed by atoms with Crippen molar-refractivity contribution in [3.8, 4) is 11.5 Å². The van der Waals surface area contributed by atoms with Crippen LogP contribution >= 0.6 is 0 Å². The molecule has 2 unspecified atom stereocenters. The Morgan fingerprint density at radius 1 is 1.17 bits per heavy atom. The normalized spacial score (nSPS) is 14.8. The van der Waals surface area contributed by atoms with E-state index in [0.29, 0.717) is 17.1 Å². The molecule has 1 aliphatic heterocycles. The molecule has 9 nitrogen and oxygen atoms in total. The lowest BCUT2D eigenvalue weighted by molar-refractivity contribution is -0.163. The molecule has 2 N–H and O–H groups in total. The highest BCUT2D eigenvalue weighted by Crippen LogP contribution is 2.33. The van der Waals surface area contributed by atoms with Gasteiger partial charge in [0.25, 0.3) is 0 Å². The number of rotatable bonds is 8. The van der Waals surface area contributed by atoms with Crippen molar-refractivity contribution in [1.82, 2.24) is 4.90 Å². The van der Waals surface area contributed by atoms with Gasteiger partial charge in [-0.1, -0.05) is 13.8 Å². The summed E-state index contributed by atoms with van der Waals surface area (Å²) in [5, 5.41) is 0. The number of nitrogens with two attached hydrogens (primary N) is 1. The first-order chi connectivity index (χ1) is 13.9. The molecule has 0 spiro atoms. The minimum Gasteiger partial charge on any atom is -0.455 e. The fraction of sp³-hybridized carbons (Fsp3) is 0.571. The van der Waals surface area contributed by atoms with Crippen LogP contribution in [0.3, 0.4) is 0 Å². The number of esters is 1. The third-order valence-corrected chi connectivity index (χ3v) is 4.82. The summed E-state index contributed by atoms with van der Waals surface area (Å²) in [6.45, 7) is 8.38. The van der Waals surface area contributed by atoms with Gasteiger partial charge in [0, 0.05) is 12.6 Å². The molecule has 2 atom stereocenters. The summed E-state index contributed by atoms with van der Waals surface area (Å²) in [5.41, 5.74) is 5.12.